The first-order chi connectivity index (χ1) is 7.61. The molecule has 1 aliphatic rings. The summed E-state index contributed by atoms with van der Waals surface area (Å²) < 4.78 is 0. The molecule has 1 fully saturated rings. The van der Waals surface area contributed by atoms with Gasteiger partial charge in [-0.25, -0.2) is 4.79 Å². The van der Waals surface area contributed by atoms with Crippen LogP contribution < -0.4 is 10.6 Å². The molecule has 0 aromatic carbocycles. The van der Waals surface area contributed by atoms with Crippen LogP contribution in [-0.4, -0.2) is 43.7 Å². The molecule has 1 rings (SSSR count). The van der Waals surface area contributed by atoms with Crippen LogP contribution in [0.1, 0.15) is 33.6 Å². The maximum Gasteiger partial charge on any atom is 0.317 e. The molecule has 4 nitrogen and oxygen atoms in total. The van der Waals surface area contributed by atoms with Crippen molar-refractivity contribution in [3.05, 3.63) is 0 Å². The van der Waals surface area contributed by atoms with E-state index in [1.165, 1.54) is 0 Å². The number of carbonyl (C=O) groups is 1. The van der Waals surface area contributed by atoms with Gasteiger partial charge in [-0.1, -0.05) is 6.92 Å². The molecule has 1 aliphatic heterocycles. The molecular formula is C12H25N3O. The summed E-state index contributed by atoms with van der Waals surface area (Å²) in [6, 6.07) is 0.0738. The Balaban J connectivity index is 2.35. The van der Waals surface area contributed by atoms with Gasteiger partial charge in [-0.05, 0) is 45.2 Å². The molecule has 2 N–H and O–H groups in total. The minimum atomic E-state index is 0.0738. The van der Waals surface area contributed by atoms with Crippen molar-refractivity contribution in [2.24, 2.45) is 5.41 Å². The van der Waals surface area contributed by atoms with E-state index in [1.54, 1.807) is 0 Å². The molecule has 0 aromatic rings. The molecule has 0 bridgehead atoms. The standard InChI is InChI=1S/C12H25N3O/c1-4-15(5-2)11(16)14-10-12(3)6-8-13-9-7-12/h13H,4-10H2,1-3H3,(H,14,16). The van der Waals surface area contributed by atoms with E-state index >= 15 is 0 Å². The third kappa shape index (κ3) is 3.67. The summed E-state index contributed by atoms with van der Waals surface area (Å²) in [5, 5.41) is 6.40. The summed E-state index contributed by atoms with van der Waals surface area (Å²) in [4.78, 5) is 13.6. The van der Waals surface area contributed by atoms with Crippen LogP contribution in [0.5, 0.6) is 0 Å². The van der Waals surface area contributed by atoms with Crippen molar-refractivity contribution >= 4 is 6.03 Å². The zero-order valence-corrected chi connectivity index (χ0v) is 10.8. The van der Waals surface area contributed by atoms with E-state index in [9.17, 15) is 4.79 Å². The highest BCUT2D eigenvalue weighted by Gasteiger charge is 2.27. The maximum atomic E-state index is 11.8. The van der Waals surface area contributed by atoms with Gasteiger partial charge in [0.25, 0.3) is 0 Å². The summed E-state index contributed by atoms with van der Waals surface area (Å²) in [7, 11) is 0. The van der Waals surface area contributed by atoms with Gasteiger partial charge in [0.2, 0.25) is 0 Å². The predicted octanol–water partition coefficient (Wildman–Crippen LogP) is 1.43. The lowest BCUT2D eigenvalue weighted by Crippen LogP contribution is -2.47. The lowest BCUT2D eigenvalue weighted by Gasteiger charge is -2.34. The topological polar surface area (TPSA) is 44.4 Å². The number of nitrogens with one attached hydrogen (secondary N) is 2. The summed E-state index contributed by atoms with van der Waals surface area (Å²) in [6.45, 7) is 10.8. The van der Waals surface area contributed by atoms with Gasteiger partial charge < -0.3 is 15.5 Å². The van der Waals surface area contributed by atoms with Gasteiger partial charge in [0.15, 0.2) is 0 Å². The first-order valence-corrected chi connectivity index (χ1v) is 6.35. The molecule has 0 aromatic heterocycles. The van der Waals surface area contributed by atoms with Crippen LogP contribution in [-0.2, 0) is 0 Å². The SMILES string of the molecule is CCN(CC)C(=O)NCC1(C)CCNCC1. The molecule has 0 unspecified atom stereocenters. The largest absolute Gasteiger partial charge is 0.337 e. The van der Waals surface area contributed by atoms with E-state index < -0.39 is 0 Å². The smallest absolute Gasteiger partial charge is 0.317 e. The lowest BCUT2D eigenvalue weighted by atomic mass is 9.81. The van der Waals surface area contributed by atoms with Crippen LogP contribution >= 0.6 is 0 Å². The monoisotopic (exact) mass is 227 g/mol. The third-order valence-corrected chi connectivity index (χ3v) is 3.53. The molecule has 0 radical (unpaired) electrons. The van der Waals surface area contributed by atoms with Crippen LogP contribution in [0, 0.1) is 5.41 Å². The number of amides is 2. The van der Waals surface area contributed by atoms with Crippen molar-refractivity contribution in [1.82, 2.24) is 15.5 Å². The quantitative estimate of drug-likeness (QED) is 0.763. The van der Waals surface area contributed by atoms with E-state index in [-0.39, 0.29) is 11.4 Å². The molecular weight excluding hydrogens is 202 g/mol. The highest BCUT2D eigenvalue weighted by atomic mass is 16.2. The van der Waals surface area contributed by atoms with Crippen molar-refractivity contribution in [3.63, 3.8) is 0 Å². The molecule has 16 heavy (non-hydrogen) atoms. The molecule has 0 atom stereocenters. The van der Waals surface area contributed by atoms with Crippen molar-refractivity contribution in [1.29, 1.82) is 0 Å². The average Bonchev–Trinajstić information content (AvgIpc) is 2.29. The first-order valence-electron chi connectivity index (χ1n) is 6.35. The number of nitrogens with zero attached hydrogens (tertiary/aromatic N) is 1. The fourth-order valence-corrected chi connectivity index (χ4v) is 2.12. The number of piperidine rings is 1. The number of carbonyl (C=O) groups excluding carboxylic acids is 1. The van der Waals surface area contributed by atoms with E-state index in [2.05, 4.69) is 17.6 Å². The van der Waals surface area contributed by atoms with Gasteiger partial charge in [0.1, 0.15) is 0 Å². The molecule has 4 heteroatoms. The highest BCUT2D eigenvalue weighted by molar-refractivity contribution is 5.74. The molecule has 94 valence electrons. The maximum absolute atomic E-state index is 11.8. The summed E-state index contributed by atoms with van der Waals surface area (Å²) in [6.07, 6.45) is 2.29. The Morgan fingerprint density at radius 3 is 2.38 bits per heavy atom. The van der Waals surface area contributed by atoms with Gasteiger partial charge in [0, 0.05) is 19.6 Å². The molecule has 0 saturated carbocycles. The van der Waals surface area contributed by atoms with Crippen LogP contribution in [0.25, 0.3) is 0 Å². The second-order valence-corrected chi connectivity index (χ2v) is 4.89. The van der Waals surface area contributed by atoms with E-state index in [0.29, 0.717) is 0 Å². The Morgan fingerprint density at radius 2 is 1.88 bits per heavy atom. The van der Waals surface area contributed by atoms with Crippen molar-refractivity contribution in [2.75, 3.05) is 32.7 Å². The highest BCUT2D eigenvalue weighted by Crippen LogP contribution is 2.26. The average molecular weight is 227 g/mol. The zero-order valence-electron chi connectivity index (χ0n) is 10.8. The van der Waals surface area contributed by atoms with E-state index in [0.717, 1.165) is 45.6 Å². The lowest BCUT2D eigenvalue weighted by molar-refractivity contribution is 0.183. The van der Waals surface area contributed by atoms with E-state index in [1.807, 2.05) is 18.7 Å². The Labute approximate surface area is 98.8 Å². The molecule has 2 amide bonds. The Hall–Kier alpha value is -0.770. The van der Waals surface area contributed by atoms with Crippen molar-refractivity contribution < 1.29 is 4.79 Å². The van der Waals surface area contributed by atoms with Crippen LogP contribution in [0.3, 0.4) is 0 Å². The van der Waals surface area contributed by atoms with Crippen LogP contribution in [0.15, 0.2) is 0 Å². The van der Waals surface area contributed by atoms with E-state index in [4.69, 9.17) is 0 Å². The van der Waals surface area contributed by atoms with Crippen LogP contribution in [0.2, 0.25) is 0 Å². The van der Waals surface area contributed by atoms with Crippen molar-refractivity contribution in [2.45, 2.75) is 33.6 Å². The molecule has 0 aliphatic carbocycles. The fraction of sp³-hybridized carbons (Fsp3) is 0.917. The number of rotatable bonds is 4. The Kier molecular flexibility index (Phi) is 5.06. The third-order valence-electron chi connectivity index (χ3n) is 3.53. The zero-order chi connectivity index (χ0) is 12.0. The number of hydrogen-bond acceptors (Lipinski definition) is 2. The molecule has 1 heterocycles. The van der Waals surface area contributed by atoms with Gasteiger partial charge in [-0.15, -0.1) is 0 Å². The Morgan fingerprint density at radius 1 is 1.31 bits per heavy atom. The van der Waals surface area contributed by atoms with Gasteiger partial charge >= 0.3 is 6.03 Å². The summed E-state index contributed by atoms with van der Waals surface area (Å²) in [5.74, 6) is 0. The first kappa shape index (κ1) is 13.3. The van der Waals surface area contributed by atoms with Gasteiger partial charge in [0.05, 0.1) is 0 Å². The van der Waals surface area contributed by atoms with Gasteiger partial charge in [-0.2, -0.15) is 0 Å². The summed E-state index contributed by atoms with van der Waals surface area (Å²) in [5.41, 5.74) is 0.272. The predicted molar refractivity (Wildman–Crippen MR) is 66.5 cm³/mol. The Bertz CT molecular complexity index is 220. The number of urea groups is 1. The van der Waals surface area contributed by atoms with Crippen molar-refractivity contribution in [3.8, 4) is 0 Å². The fourth-order valence-electron chi connectivity index (χ4n) is 2.12. The molecule has 1 saturated heterocycles. The summed E-state index contributed by atoms with van der Waals surface area (Å²) >= 11 is 0. The second kappa shape index (κ2) is 6.09. The minimum Gasteiger partial charge on any atom is -0.337 e. The van der Waals surface area contributed by atoms with Gasteiger partial charge in [-0.3, -0.25) is 0 Å². The second-order valence-electron chi connectivity index (χ2n) is 4.89. The number of hydrogen-bond donors (Lipinski definition) is 2. The normalized spacial score (nSPS) is 19.2. The van der Waals surface area contributed by atoms with Crippen LogP contribution in [0.4, 0.5) is 4.79 Å². The molecule has 0 spiro atoms. The minimum absolute atomic E-state index is 0.0738.